The molecule has 4 nitrogen and oxygen atoms in total. The predicted molar refractivity (Wildman–Crippen MR) is 97.6 cm³/mol. The van der Waals surface area contributed by atoms with Crippen molar-refractivity contribution in [1.29, 1.82) is 0 Å². The standard InChI is InChI=1S/C17H10Br2F2N2O2/c18-10-7-11(19)17(15-9(10)3-2-6-22-15)25-8-14(24)23-16-12(20)4-1-5-13(16)21/h1-7H,8H2,(H,23,24). The molecule has 0 aliphatic heterocycles. The van der Waals surface area contributed by atoms with Gasteiger partial charge in [-0.15, -0.1) is 0 Å². The lowest BCUT2D eigenvalue weighted by Gasteiger charge is -2.12. The van der Waals surface area contributed by atoms with E-state index < -0.39 is 29.8 Å². The van der Waals surface area contributed by atoms with Crippen LogP contribution in [0, 0.1) is 11.6 Å². The number of hydrogen-bond donors (Lipinski definition) is 1. The molecule has 0 radical (unpaired) electrons. The minimum atomic E-state index is -0.856. The maximum Gasteiger partial charge on any atom is 0.262 e. The first-order valence-corrected chi connectivity index (χ1v) is 8.65. The van der Waals surface area contributed by atoms with Gasteiger partial charge in [-0.3, -0.25) is 9.78 Å². The Morgan fingerprint density at radius 1 is 1.12 bits per heavy atom. The van der Waals surface area contributed by atoms with Gasteiger partial charge in [0.15, 0.2) is 12.4 Å². The second kappa shape index (κ2) is 7.45. The molecule has 3 rings (SSSR count). The summed E-state index contributed by atoms with van der Waals surface area (Å²) in [4.78, 5) is 16.2. The van der Waals surface area contributed by atoms with Crippen molar-refractivity contribution >= 4 is 54.4 Å². The molecule has 0 aliphatic rings. The fourth-order valence-corrected chi connectivity index (χ4v) is 3.60. The number of aromatic nitrogens is 1. The molecule has 3 aromatic rings. The molecule has 0 aliphatic carbocycles. The number of halogens is 4. The second-order valence-corrected chi connectivity index (χ2v) is 6.71. The molecule has 128 valence electrons. The van der Waals surface area contributed by atoms with E-state index in [1.807, 2.05) is 6.07 Å². The summed E-state index contributed by atoms with van der Waals surface area (Å²) in [5.74, 6) is -2.04. The Morgan fingerprint density at radius 2 is 1.84 bits per heavy atom. The average Bonchev–Trinajstić information content (AvgIpc) is 2.58. The summed E-state index contributed by atoms with van der Waals surface area (Å²) in [7, 11) is 0. The predicted octanol–water partition coefficient (Wildman–Crippen LogP) is 5.06. The summed E-state index contributed by atoms with van der Waals surface area (Å²) >= 11 is 6.80. The molecule has 0 spiro atoms. The van der Waals surface area contributed by atoms with Crippen molar-refractivity contribution in [3.63, 3.8) is 0 Å². The van der Waals surface area contributed by atoms with Crippen LogP contribution in [0.5, 0.6) is 5.75 Å². The van der Waals surface area contributed by atoms with Crippen molar-refractivity contribution in [1.82, 2.24) is 4.98 Å². The zero-order valence-electron chi connectivity index (χ0n) is 12.5. The second-order valence-electron chi connectivity index (χ2n) is 5.00. The zero-order chi connectivity index (χ0) is 18.0. The van der Waals surface area contributed by atoms with E-state index >= 15 is 0 Å². The van der Waals surface area contributed by atoms with Gasteiger partial charge in [-0.1, -0.05) is 28.1 Å². The quantitative estimate of drug-likeness (QED) is 0.578. The third-order valence-corrected chi connectivity index (χ3v) is 4.57. The molecule has 1 aromatic heterocycles. The van der Waals surface area contributed by atoms with Gasteiger partial charge in [0, 0.05) is 16.1 Å². The van der Waals surface area contributed by atoms with Crippen molar-refractivity contribution in [2.75, 3.05) is 11.9 Å². The largest absolute Gasteiger partial charge is 0.480 e. The van der Waals surface area contributed by atoms with E-state index in [1.165, 1.54) is 6.07 Å². The van der Waals surface area contributed by atoms with E-state index in [4.69, 9.17) is 4.74 Å². The Balaban J connectivity index is 1.80. The van der Waals surface area contributed by atoms with E-state index in [0.717, 1.165) is 22.0 Å². The summed E-state index contributed by atoms with van der Waals surface area (Å²) in [5.41, 5.74) is 0.0441. The van der Waals surface area contributed by atoms with Crippen LogP contribution in [0.2, 0.25) is 0 Å². The van der Waals surface area contributed by atoms with E-state index in [-0.39, 0.29) is 0 Å². The molecule has 0 unspecified atom stereocenters. The molecule has 2 aromatic carbocycles. The van der Waals surface area contributed by atoms with Gasteiger partial charge in [-0.2, -0.15) is 0 Å². The lowest BCUT2D eigenvalue weighted by molar-refractivity contribution is -0.118. The highest BCUT2D eigenvalue weighted by molar-refractivity contribution is 9.11. The lowest BCUT2D eigenvalue weighted by atomic mass is 10.2. The molecule has 25 heavy (non-hydrogen) atoms. The van der Waals surface area contributed by atoms with Crippen LogP contribution in [0.4, 0.5) is 14.5 Å². The molecule has 8 heteroatoms. The molecular weight excluding hydrogens is 462 g/mol. The number of nitrogens with one attached hydrogen (secondary N) is 1. The molecule has 0 atom stereocenters. The van der Waals surface area contributed by atoms with Gasteiger partial charge >= 0.3 is 0 Å². The lowest BCUT2D eigenvalue weighted by Crippen LogP contribution is -2.21. The number of rotatable bonds is 4. The number of para-hydroxylation sites is 1. The molecule has 0 saturated heterocycles. The molecule has 0 fully saturated rings. The summed E-state index contributed by atoms with van der Waals surface area (Å²) in [6.07, 6.45) is 1.60. The zero-order valence-corrected chi connectivity index (χ0v) is 15.7. The van der Waals surface area contributed by atoms with Gasteiger partial charge in [0.05, 0.1) is 4.47 Å². The Hall–Kier alpha value is -2.06. The van der Waals surface area contributed by atoms with Crippen LogP contribution in [0.25, 0.3) is 10.9 Å². The van der Waals surface area contributed by atoms with Gasteiger partial charge in [0.25, 0.3) is 5.91 Å². The molecule has 0 saturated carbocycles. The smallest absolute Gasteiger partial charge is 0.262 e. The highest BCUT2D eigenvalue weighted by Crippen LogP contribution is 2.37. The van der Waals surface area contributed by atoms with Crippen molar-refractivity contribution in [2.45, 2.75) is 0 Å². The Morgan fingerprint density at radius 3 is 2.56 bits per heavy atom. The first kappa shape index (κ1) is 17.8. The first-order chi connectivity index (χ1) is 12.0. The summed E-state index contributed by atoms with van der Waals surface area (Å²) in [6, 6.07) is 8.73. The van der Waals surface area contributed by atoms with Crippen LogP contribution in [0.3, 0.4) is 0 Å². The van der Waals surface area contributed by atoms with Gasteiger partial charge in [-0.05, 0) is 40.2 Å². The number of fused-ring (bicyclic) bond motifs is 1. The van der Waals surface area contributed by atoms with Crippen LogP contribution in [0.15, 0.2) is 51.5 Å². The first-order valence-electron chi connectivity index (χ1n) is 7.06. The van der Waals surface area contributed by atoms with Gasteiger partial charge in [0.2, 0.25) is 0 Å². The van der Waals surface area contributed by atoms with Crippen LogP contribution in [-0.4, -0.2) is 17.5 Å². The summed E-state index contributed by atoms with van der Waals surface area (Å²) in [5, 5.41) is 2.98. The van der Waals surface area contributed by atoms with Crippen molar-refractivity contribution < 1.29 is 18.3 Å². The van der Waals surface area contributed by atoms with Crippen LogP contribution < -0.4 is 10.1 Å². The van der Waals surface area contributed by atoms with Crippen LogP contribution >= 0.6 is 31.9 Å². The van der Waals surface area contributed by atoms with Crippen LogP contribution in [-0.2, 0) is 4.79 Å². The molecule has 0 bridgehead atoms. The fraction of sp³-hybridized carbons (Fsp3) is 0.0588. The number of nitrogens with zero attached hydrogens (tertiary/aromatic N) is 1. The number of carbonyl (C=O) groups excluding carboxylic acids is 1. The normalized spacial score (nSPS) is 10.7. The Labute approximate surface area is 158 Å². The van der Waals surface area contributed by atoms with E-state index in [9.17, 15) is 13.6 Å². The topological polar surface area (TPSA) is 51.2 Å². The fourth-order valence-electron chi connectivity index (χ4n) is 2.21. The van der Waals surface area contributed by atoms with E-state index in [2.05, 4.69) is 42.2 Å². The Bertz CT molecular complexity index is 947. The highest BCUT2D eigenvalue weighted by atomic mass is 79.9. The Kier molecular flexibility index (Phi) is 5.29. The molecular formula is C17H10Br2F2N2O2. The maximum atomic E-state index is 13.6. The number of ether oxygens (including phenoxy) is 1. The maximum absolute atomic E-state index is 13.6. The highest BCUT2D eigenvalue weighted by Gasteiger charge is 2.15. The molecule has 1 N–H and O–H groups in total. The third kappa shape index (κ3) is 3.80. The number of pyridine rings is 1. The van der Waals surface area contributed by atoms with Gasteiger partial charge in [0.1, 0.15) is 22.8 Å². The minimum absolute atomic E-state index is 0.364. The van der Waals surface area contributed by atoms with Crippen LogP contribution in [0.1, 0.15) is 0 Å². The van der Waals surface area contributed by atoms with E-state index in [0.29, 0.717) is 15.7 Å². The monoisotopic (exact) mass is 470 g/mol. The van der Waals surface area contributed by atoms with Crippen molar-refractivity contribution in [3.8, 4) is 5.75 Å². The summed E-state index contributed by atoms with van der Waals surface area (Å²) < 4.78 is 34.1. The van der Waals surface area contributed by atoms with Gasteiger partial charge < -0.3 is 10.1 Å². The van der Waals surface area contributed by atoms with Gasteiger partial charge in [-0.25, -0.2) is 8.78 Å². The number of benzene rings is 2. The van der Waals surface area contributed by atoms with E-state index in [1.54, 1.807) is 18.3 Å². The number of anilines is 1. The molecule has 1 amide bonds. The third-order valence-electron chi connectivity index (χ3n) is 3.33. The number of amides is 1. The SMILES string of the molecule is O=C(COc1c(Br)cc(Br)c2cccnc12)Nc1c(F)cccc1F. The summed E-state index contributed by atoms with van der Waals surface area (Å²) in [6.45, 7) is -0.431. The number of carbonyl (C=O) groups is 1. The van der Waals surface area contributed by atoms with Crippen molar-refractivity contribution in [2.24, 2.45) is 0 Å². The average molecular weight is 472 g/mol. The number of hydrogen-bond acceptors (Lipinski definition) is 3. The minimum Gasteiger partial charge on any atom is -0.480 e. The molecule has 1 heterocycles. The van der Waals surface area contributed by atoms with Crippen molar-refractivity contribution in [3.05, 3.63) is 63.2 Å².